The fourth-order valence-electron chi connectivity index (χ4n) is 3.18. The molecule has 0 heterocycles. The van der Waals surface area contributed by atoms with Gasteiger partial charge in [0.05, 0.1) is 4.90 Å². The maximum absolute atomic E-state index is 12.4. The van der Waals surface area contributed by atoms with Crippen molar-refractivity contribution in [2.24, 2.45) is 0 Å². The molecule has 1 saturated carbocycles. The van der Waals surface area contributed by atoms with E-state index in [1.54, 1.807) is 12.1 Å². The van der Waals surface area contributed by atoms with Crippen LogP contribution in [-0.2, 0) is 10.0 Å². The van der Waals surface area contributed by atoms with E-state index in [1.165, 1.54) is 12.1 Å². The Bertz CT molecular complexity index is 899. The highest BCUT2D eigenvalue weighted by Gasteiger charge is 2.23. The summed E-state index contributed by atoms with van der Waals surface area (Å²) in [5, 5.41) is 2.88. The second-order valence-corrected chi connectivity index (χ2v) is 8.61. The van der Waals surface area contributed by atoms with Gasteiger partial charge >= 0.3 is 0 Å². The molecule has 2 aromatic carbocycles. The fourth-order valence-corrected chi connectivity index (χ4v) is 4.49. The van der Waals surface area contributed by atoms with Crippen LogP contribution in [-0.4, -0.2) is 20.4 Å². The van der Waals surface area contributed by atoms with Gasteiger partial charge in [-0.3, -0.25) is 4.79 Å². The first-order valence-corrected chi connectivity index (χ1v) is 10.3. The highest BCUT2D eigenvalue weighted by Crippen LogP contribution is 2.21. The molecule has 1 aliphatic carbocycles. The number of anilines is 1. The van der Waals surface area contributed by atoms with Gasteiger partial charge in [-0.05, 0) is 68.1 Å². The van der Waals surface area contributed by atoms with Gasteiger partial charge < -0.3 is 5.32 Å². The second-order valence-electron chi connectivity index (χ2n) is 6.90. The van der Waals surface area contributed by atoms with Crippen LogP contribution in [0.2, 0.25) is 0 Å². The molecule has 2 aromatic rings. The Morgan fingerprint density at radius 3 is 2.31 bits per heavy atom. The van der Waals surface area contributed by atoms with Crippen molar-refractivity contribution in [2.75, 3.05) is 5.32 Å². The van der Waals surface area contributed by atoms with Crippen molar-refractivity contribution in [3.8, 4) is 0 Å². The summed E-state index contributed by atoms with van der Waals surface area (Å²) in [4.78, 5) is 12.6. The van der Waals surface area contributed by atoms with E-state index >= 15 is 0 Å². The van der Waals surface area contributed by atoms with Crippen molar-refractivity contribution in [1.29, 1.82) is 0 Å². The number of aryl methyl sites for hydroxylation is 2. The Morgan fingerprint density at radius 2 is 1.65 bits per heavy atom. The summed E-state index contributed by atoms with van der Waals surface area (Å²) in [5.74, 6) is -0.258. The maximum atomic E-state index is 12.4. The molecule has 0 unspecified atom stereocenters. The molecule has 1 amide bonds. The molecule has 1 aliphatic rings. The zero-order valence-corrected chi connectivity index (χ0v) is 15.9. The Labute approximate surface area is 154 Å². The first-order chi connectivity index (χ1) is 12.3. The Hall–Kier alpha value is -2.18. The Balaban J connectivity index is 1.72. The van der Waals surface area contributed by atoms with Gasteiger partial charge in [0, 0.05) is 17.3 Å². The lowest BCUT2D eigenvalue weighted by atomic mass is 10.1. The number of amides is 1. The van der Waals surface area contributed by atoms with Crippen LogP contribution in [0.1, 0.15) is 47.2 Å². The molecule has 0 saturated heterocycles. The van der Waals surface area contributed by atoms with E-state index in [0.717, 1.165) is 42.5 Å². The van der Waals surface area contributed by atoms with Crippen molar-refractivity contribution in [3.05, 3.63) is 59.2 Å². The van der Waals surface area contributed by atoms with Crippen molar-refractivity contribution in [1.82, 2.24) is 4.72 Å². The van der Waals surface area contributed by atoms with Crippen LogP contribution in [0.5, 0.6) is 0 Å². The highest BCUT2D eigenvalue weighted by molar-refractivity contribution is 7.89. The molecule has 0 atom stereocenters. The molecule has 1 fully saturated rings. The summed E-state index contributed by atoms with van der Waals surface area (Å²) in [6, 6.07) is 11.9. The number of sulfonamides is 1. The van der Waals surface area contributed by atoms with E-state index in [0.29, 0.717) is 5.56 Å². The molecule has 0 aromatic heterocycles. The molecule has 5 nitrogen and oxygen atoms in total. The van der Waals surface area contributed by atoms with Gasteiger partial charge in [0.15, 0.2) is 0 Å². The summed E-state index contributed by atoms with van der Waals surface area (Å²) in [7, 11) is -3.54. The minimum Gasteiger partial charge on any atom is -0.322 e. The molecule has 3 rings (SSSR count). The SMILES string of the molecule is Cc1ccc(C)c(NC(=O)c2ccc(S(=O)(=O)NC3CCCC3)cc2)c1. The summed E-state index contributed by atoms with van der Waals surface area (Å²) < 4.78 is 27.6. The van der Waals surface area contributed by atoms with Crippen LogP contribution >= 0.6 is 0 Å². The molecule has 0 spiro atoms. The lowest BCUT2D eigenvalue weighted by Gasteiger charge is -2.13. The van der Waals surface area contributed by atoms with Gasteiger partial charge in [0.25, 0.3) is 5.91 Å². The van der Waals surface area contributed by atoms with Crippen LogP contribution < -0.4 is 10.0 Å². The average Bonchev–Trinajstić information content (AvgIpc) is 3.10. The van der Waals surface area contributed by atoms with Crippen molar-refractivity contribution < 1.29 is 13.2 Å². The topological polar surface area (TPSA) is 75.3 Å². The van der Waals surface area contributed by atoms with Crippen LogP contribution in [0.15, 0.2) is 47.4 Å². The van der Waals surface area contributed by atoms with Gasteiger partial charge in [-0.2, -0.15) is 0 Å². The van der Waals surface area contributed by atoms with Crippen molar-refractivity contribution in [3.63, 3.8) is 0 Å². The highest BCUT2D eigenvalue weighted by atomic mass is 32.2. The van der Waals surface area contributed by atoms with E-state index in [9.17, 15) is 13.2 Å². The molecule has 0 radical (unpaired) electrons. The predicted octanol–water partition coefficient (Wildman–Crippen LogP) is 3.78. The lowest BCUT2D eigenvalue weighted by Crippen LogP contribution is -2.32. The van der Waals surface area contributed by atoms with Gasteiger partial charge in [0.2, 0.25) is 10.0 Å². The van der Waals surface area contributed by atoms with Crippen LogP contribution in [0.4, 0.5) is 5.69 Å². The second kappa shape index (κ2) is 7.60. The van der Waals surface area contributed by atoms with E-state index in [-0.39, 0.29) is 16.8 Å². The van der Waals surface area contributed by atoms with Crippen LogP contribution in [0, 0.1) is 13.8 Å². The maximum Gasteiger partial charge on any atom is 0.255 e. The largest absolute Gasteiger partial charge is 0.322 e. The zero-order valence-electron chi connectivity index (χ0n) is 15.1. The smallest absolute Gasteiger partial charge is 0.255 e. The summed E-state index contributed by atoms with van der Waals surface area (Å²) in [6.07, 6.45) is 3.89. The Kier molecular flexibility index (Phi) is 5.44. The number of hydrogen-bond donors (Lipinski definition) is 2. The molecular weight excluding hydrogens is 348 g/mol. The van der Waals surface area contributed by atoms with Gasteiger partial charge in [-0.25, -0.2) is 13.1 Å². The minimum atomic E-state index is -3.54. The number of nitrogens with one attached hydrogen (secondary N) is 2. The van der Waals surface area contributed by atoms with Crippen molar-refractivity contribution in [2.45, 2.75) is 50.5 Å². The number of benzene rings is 2. The molecular formula is C20H24N2O3S. The third-order valence-corrected chi connectivity index (χ3v) is 6.28. The van der Waals surface area contributed by atoms with Gasteiger partial charge in [-0.15, -0.1) is 0 Å². The number of rotatable bonds is 5. The number of hydrogen-bond acceptors (Lipinski definition) is 3. The first kappa shape index (κ1) is 18.6. The third-order valence-electron chi connectivity index (χ3n) is 4.75. The summed E-state index contributed by atoms with van der Waals surface area (Å²) in [6.45, 7) is 3.89. The number of carbonyl (C=O) groups is 1. The quantitative estimate of drug-likeness (QED) is 0.839. The van der Waals surface area contributed by atoms with E-state index in [1.807, 2.05) is 32.0 Å². The zero-order chi connectivity index (χ0) is 18.7. The van der Waals surface area contributed by atoms with Gasteiger partial charge in [0.1, 0.15) is 0 Å². The van der Waals surface area contributed by atoms with E-state index in [4.69, 9.17) is 0 Å². The predicted molar refractivity (Wildman–Crippen MR) is 103 cm³/mol. The molecule has 0 aliphatic heterocycles. The van der Waals surface area contributed by atoms with Crippen molar-refractivity contribution >= 4 is 21.6 Å². The first-order valence-electron chi connectivity index (χ1n) is 8.86. The average molecular weight is 372 g/mol. The molecule has 6 heteroatoms. The summed E-state index contributed by atoms with van der Waals surface area (Å²) in [5.41, 5.74) is 3.22. The van der Waals surface area contributed by atoms with Gasteiger partial charge in [-0.1, -0.05) is 25.0 Å². The van der Waals surface area contributed by atoms with Crippen LogP contribution in [0.25, 0.3) is 0 Å². The Morgan fingerprint density at radius 1 is 1.00 bits per heavy atom. The standard InChI is InChI=1S/C20H24N2O3S/c1-14-7-8-15(2)19(13-14)21-20(23)16-9-11-18(12-10-16)26(24,25)22-17-5-3-4-6-17/h7-13,17,22H,3-6H2,1-2H3,(H,21,23). The molecule has 26 heavy (non-hydrogen) atoms. The van der Waals surface area contributed by atoms with Crippen LogP contribution in [0.3, 0.4) is 0 Å². The normalized spacial score (nSPS) is 15.2. The molecule has 0 bridgehead atoms. The van der Waals surface area contributed by atoms with E-state index < -0.39 is 10.0 Å². The molecule has 2 N–H and O–H groups in total. The monoisotopic (exact) mass is 372 g/mol. The van der Waals surface area contributed by atoms with E-state index in [2.05, 4.69) is 10.0 Å². The summed E-state index contributed by atoms with van der Waals surface area (Å²) >= 11 is 0. The lowest BCUT2D eigenvalue weighted by molar-refractivity contribution is 0.102. The third kappa shape index (κ3) is 4.31. The molecule has 138 valence electrons. The number of carbonyl (C=O) groups excluding carboxylic acids is 1. The minimum absolute atomic E-state index is 0.0206. The fraction of sp³-hybridized carbons (Fsp3) is 0.350.